The molecule has 0 saturated carbocycles. The Balaban J connectivity index is 0.000000182. The standard InChI is InChI=1S/C36H40Cl2N2O2.C34H38Cl2N2O3.C27H31F2N.C25H30N2O/c1-24(2)40-16-15-28-7-5-6-8-33(28)29-11-14-32(26(4)21-29)30(23-39)22-27-9-12-31(13-10-27)41-17-18-42-36-34(37)19-25(3)20-35(36)38;1-23-18-31(35)34(32(36)19-23)41-17-16-40-29-11-8-25(9-12-29)21-28(22-37)30-13-10-27(20-24(30)2)33-26(6-4-14-38-33)7-5-15-39-3;1-3-4-5-8-21-9-6-7-10-27(21)22-11-12-26(19(2)13-22)23(18-30)14-20-15-24(28)17-25(29)16-20;1-19-15-22(25-10-4-3-8-21(25)9-6-14-28-2)11-12-24(19)23(17-26)16-20-7-5-13-27-18-20/h5-14,19-21,30,40H,1,15-18,22-23,39H2,2-4H3;4,6,8-14,18-20,28H,5,7,15-17,21-22,37H2,1-3H3;6-7,9-13,15-17,23H,3-5,8,14,18,30H2,1-2H3;3-5,7-8,10-13,15,18,23H,6,9,14,16-17,26H2,1-2H3. The monoisotopic (exact) mass is 1980 g/mol. The second kappa shape index (κ2) is 57.5. The number of nitrogens with one attached hydrogen (secondary N) is 1. The molecule has 9 N–H and O–H groups in total. The van der Waals surface area contributed by atoms with Crippen LogP contribution >= 0.6 is 46.4 Å². The third kappa shape index (κ3) is 33.5. The Morgan fingerprint density at radius 1 is 0.369 bits per heavy atom. The fourth-order valence-electron chi connectivity index (χ4n) is 18.3. The van der Waals surface area contributed by atoms with Gasteiger partial charge in [-0.2, -0.15) is 0 Å². The van der Waals surface area contributed by atoms with E-state index < -0.39 is 11.6 Å². The molecule has 0 fully saturated rings. The summed E-state index contributed by atoms with van der Waals surface area (Å²) in [5.41, 5.74) is 57.0. The number of methoxy groups -OCH3 is 2. The van der Waals surface area contributed by atoms with E-state index in [1.54, 1.807) is 14.2 Å². The largest absolute Gasteiger partial charge is 0.490 e. The van der Waals surface area contributed by atoms with Crippen molar-refractivity contribution in [3.63, 3.8) is 0 Å². The van der Waals surface area contributed by atoms with Crippen LogP contribution in [0, 0.1) is 53.2 Å². The van der Waals surface area contributed by atoms with E-state index in [1.165, 1.54) is 137 Å². The summed E-state index contributed by atoms with van der Waals surface area (Å²) in [6, 6.07) is 88.1. The average molecular weight is 1980 g/mol. The summed E-state index contributed by atoms with van der Waals surface area (Å²) in [5, 5.41) is 5.33. The van der Waals surface area contributed by atoms with Crippen LogP contribution in [0.25, 0.3) is 44.6 Å². The van der Waals surface area contributed by atoms with Gasteiger partial charge < -0.3 is 56.7 Å². The highest BCUT2D eigenvalue weighted by Crippen LogP contribution is 2.40. The van der Waals surface area contributed by atoms with Crippen LogP contribution in [-0.4, -0.2) is 96.6 Å². The van der Waals surface area contributed by atoms with Crippen molar-refractivity contribution in [2.24, 2.45) is 22.9 Å². The van der Waals surface area contributed by atoms with Crippen LogP contribution in [0.1, 0.15) is 170 Å². The Morgan fingerprint density at radius 2 is 0.730 bits per heavy atom. The van der Waals surface area contributed by atoms with Gasteiger partial charge in [-0.25, -0.2) is 8.78 Å². The number of benzene rings is 12. The minimum atomic E-state index is -0.549. The van der Waals surface area contributed by atoms with E-state index in [4.69, 9.17) is 103 Å². The van der Waals surface area contributed by atoms with Crippen molar-refractivity contribution in [1.82, 2.24) is 15.3 Å². The molecular formula is C122H139Cl4F2N7O6. The molecule has 14 rings (SSSR count). The number of aromatic nitrogens is 2. The molecule has 13 nitrogen and oxygen atoms in total. The molecule has 0 radical (unpaired) electrons. The summed E-state index contributed by atoms with van der Waals surface area (Å²) in [6.45, 7) is 26.7. The van der Waals surface area contributed by atoms with Crippen LogP contribution in [0.3, 0.4) is 0 Å². The van der Waals surface area contributed by atoms with Gasteiger partial charge in [0.2, 0.25) is 0 Å². The molecule has 14 aromatic rings. The smallest absolute Gasteiger partial charge is 0.156 e. The van der Waals surface area contributed by atoms with Gasteiger partial charge in [0.05, 0.1) is 25.8 Å². The van der Waals surface area contributed by atoms with E-state index in [-0.39, 0.29) is 17.8 Å². The van der Waals surface area contributed by atoms with E-state index in [2.05, 4.69) is 233 Å². The van der Waals surface area contributed by atoms with Gasteiger partial charge in [0.15, 0.2) is 11.5 Å². The van der Waals surface area contributed by atoms with Crippen molar-refractivity contribution in [3.8, 4) is 67.6 Å². The number of rotatable bonds is 46. The number of pyridine rings is 2. The lowest BCUT2D eigenvalue weighted by Crippen LogP contribution is -2.16. The minimum Gasteiger partial charge on any atom is -0.490 e. The number of unbranched alkanes of at least 4 members (excludes halogenated alkanes) is 2. The molecule has 0 bridgehead atoms. The number of allylic oxidation sites excluding steroid dienone is 1. The topological polar surface area (TPSA) is 197 Å². The first-order valence-electron chi connectivity index (χ1n) is 49.1. The Morgan fingerprint density at radius 3 is 1.12 bits per heavy atom. The third-order valence-corrected chi connectivity index (χ3v) is 26.6. The van der Waals surface area contributed by atoms with Gasteiger partial charge in [0.25, 0.3) is 0 Å². The van der Waals surface area contributed by atoms with Gasteiger partial charge in [0, 0.05) is 93.6 Å². The predicted molar refractivity (Wildman–Crippen MR) is 584 cm³/mol. The maximum absolute atomic E-state index is 13.6. The van der Waals surface area contributed by atoms with Crippen molar-refractivity contribution in [2.45, 2.75) is 163 Å². The maximum atomic E-state index is 13.6. The molecule has 141 heavy (non-hydrogen) atoms. The van der Waals surface area contributed by atoms with Gasteiger partial charge in [-0.3, -0.25) is 9.97 Å². The SMILES string of the molecule is C=C(C)NCCc1ccccc1-c1ccc(C(CN)Cc2ccc(OCCOc3c(Cl)cc(C)cc3Cl)cc2)c(C)c1.CCCCCc1ccccc1-c1ccc(C(CN)Cc2cc(F)cc(F)c2)c(C)c1.COCCCc1ccccc1-c1ccc(C(CN)Cc2cccnc2)c(C)c1.COCCCc1cccnc1-c1ccc(C(CN)Cc2ccc(OCCOc3c(Cl)cc(C)cc3Cl)cc2)c(C)c1. The van der Waals surface area contributed by atoms with Gasteiger partial charge in [-0.05, 0) is 358 Å². The molecule has 12 aromatic carbocycles. The predicted octanol–water partition coefficient (Wildman–Crippen LogP) is 28.6. The van der Waals surface area contributed by atoms with Crippen LogP contribution in [0.2, 0.25) is 20.1 Å². The fourth-order valence-corrected chi connectivity index (χ4v) is 19.7. The molecular weight excluding hydrogens is 1840 g/mol. The van der Waals surface area contributed by atoms with Gasteiger partial charge in [0.1, 0.15) is 49.6 Å². The Bertz CT molecular complexity index is 6220. The molecule has 4 atom stereocenters. The molecule has 4 unspecified atom stereocenters. The molecule has 0 aliphatic carbocycles. The zero-order valence-corrected chi connectivity index (χ0v) is 86.5. The minimum absolute atomic E-state index is 0.0139. The molecule has 2 aromatic heterocycles. The van der Waals surface area contributed by atoms with Crippen LogP contribution in [0.15, 0.2) is 292 Å². The highest BCUT2D eigenvalue weighted by atomic mass is 35.5. The number of halogens is 6. The van der Waals surface area contributed by atoms with E-state index >= 15 is 0 Å². The van der Waals surface area contributed by atoms with E-state index in [9.17, 15) is 8.78 Å². The maximum Gasteiger partial charge on any atom is 0.156 e. The van der Waals surface area contributed by atoms with E-state index in [0.29, 0.717) is 102 Å². The van der Waals surface area contributed by atoms with Gasteiger partial charge in [-0.1, -0.05) is 249 Å². The van der Waals surface area contributed by atoms with E-state index in [0.717, 1.165) is 134 Å². The Kier molecular flexibility index (Phi) is 44.8. The first-order valence-corrected chi connectivity index (χ1v) is 50.6. The average Bonchev–Trinajstić information content (AvgIpc) is 0.817. The Labute approximate surface area is 856 Å². The van der Waals surface area contributed by atoms with Crippen LogP contribution in [0.5, 0.6) is 23.0 Å². The molecule has 2 heterocycles. The summed E-state index contributed by atoms with van der Waals surface area (Å²) < 4.78 is 60.9. The molecule has 0 aliphatic heterocycles. The van der Waals surface area contributed by atoms with Crippen molar-refractivity contribution in [2.75, 3.05) is 86.6 Å². The summed E-state index contributed by atoms with van der Waals surface area (Å²) in [4.78, 5) is 8.93. The molecule has 0 amide bonds. The molecule has 740 valence electrons. The quantitative estimate of drug-likeness (QED) is 0.0226. The lowest BCUT2D eigenvalue weighted by atomic mass is 9.86. The summed E-state index contributed by atoms with van der Waals surface area (Å²) >= 11 is 25.0. The summed E-state index contributed by atoms with van der Waals surface area (Å²) in [5.74, 6) is 2.17. The number of aryl methyl sites for hydroxylation is 9. The van der Waals surface area contributed by atoms with Crippen molar-refractivity contribution in [1.29, 1.82) is 0 Å². The van der Waals surface area contributed by atoms with Crippen molar-refractivity contribution >= 4 is 46.4 Å². The second-order valence-electron chi connectivity index (χ2n) is 36.4. The third-order valence-electron chi connectivity index (χ3n) is 25.5. The number of nitrogens with two attached hydrogens (primary N) is 4. The normalized spacial score (nSPS) is 11.9. The van der Waals surface area contributed by atoms with E-state index in [1.807, 2.05) is 100 Å². The molecule has 0 aliphatic rings. The first kappa shape index (κ1) is 110. The molecule has 19 heteroatoms. The Hall–Kier alpha value is -11.5. The number of ether oxygens (including phenoxy) is 6. The highest BCUT2D eigenvalue weighted by Gasteiger charge is 2.23. The highest BCUT2D eigenvalue weighted by molar-refractivity contribution is 6.38. The number of nitrogens with zero attached hydrogens (tertiary/aromatic N) is 2. The van der Waals surface area contributed by atoms with Crippen molar-refractivity contribution in [3.05, 3.63) is 424 Å². The van der Waals surface area contributed by atoms with Crippen molar-refractivity contribution < 1.29 is 37.2 Å². The second-order valence-corrected chi connectivity index (χ2v) is 38.0. The van der Waals surface area contributed by atoms with Crippen LogP contribution in [-0.2, 0) is 60.8 Å². The fraction of sp³-hybridized carbons (Fsp3) is 0.311. The lowest BCUT2D eigenvalue weighted by molar-refractivity contribution is 0.195. The zero-order chi connectivity index (χ0) is 101. The molecule has 0 spiro atoms. The van der Waals surface area contributed by atoms with Crippen LogP contribution < -0.4 is 47.2 Å². The molecule has 0 saturated heterocycles. The zero-order valence-electron chi connectivity index (χ0n) is 83.5. The number of hydrogen-bond donors (Lipinski definition) is 5. The summed E-state index contributed by atoms with van der Waals surface area (Å²) in [7, 11) is 3.49. The lowest BCUT2D eigenvalue weighted by Gasteiger charge is -2.20. The van der Waals surface area contributed by atoms with Gasteiger partial charge in [-0.15, -0.1) is 0 Å². The summed E-state index contributed by atoms with van der Waals surface area (Å²) in [6.07, 6.45) is 18.4. The first-order chi connectivity index (χ1) is 68.4. The van der Waals surface area contributed by atoms with Gasteiger partial charge >= 0.3 is 0 Å². The van der Waals surface area contributed by atoms with Crippen LogP contribution in [0.4, 0.5) is 8.78 Å². The number of hydrogen-bond acceptors (Lipinski definition) is 13.